The molecule has 2 saturated heterocycles. The minimum Gasteiger partial charge on any atom is -0.451 e. The summed E-state index contributed by atoms with van der Waals surface area (Å²) in [5.41, 5.74) is 1.13. The van der Waals surface area contributed by atoms with Gasteiger partial charge < -0.3 is 20.3 Å². The van der Waals surface area contributed by atoms with Crippen molar-refractivity contribution in [1.29, 1.82) is 0 Å². The summed E-state index contributed by atoms with van der Waals surface area (Å²) < 4.78 is 5.33. The third-order valence-electron chi connectivity index (χ3n) is 4.85. The van der Waals surface area contributed by atoms with Crippen molar-refractivity contribution in [3.8, 4) is 0 Å². The Morgan fingerprint density at radius 1 is 1.21 bits per heavy atom. The third kappa shape index (κ3) is 4.14. The number of hydrogen-bond acceptors (Lipinski definition) is 6. The van der Waals surface area contributed by atoms with E-state index in [0.717, 1.165) is 0 Å². The van der Waals surface area contributed by atoms with Crippen molar-refractivity contribution in [2.45, 2.75) is 50.6 Å². The second-order valence-corrected chi connectivity index (χ2v) is 8.59. The van der Waals surface area contributed by atoms with Crippen LogP contribution < -0.4 is 10.6 Å². The van der Waals surface area contributed by atoms with E-state index in [9.17, 15) is 19.2 Å². The Labute approximate surface area is 167 Å². The van der Waals surface area contributed by atoms with Crippen LogP contribution in [0.15, 0.2) is 24.3 Å². The maximum Gasteiger partial charge on any atom is 0.330 e. The number of carbonyl (C=O) groups is 4. The van der Waals surface area contributed by atoms with Gasteiger partial charge in [0.1, 0.15) is 6.04 Å². The van der Waals surface area contributed by atoms with E-state index in [2.05, 4.69) is 10.6 Å². The molecule has 0 saturated carbocycles. The van der Waals surface area contributed by atoms with Crippen LogP contribution in [0.5, 0.6) is 0 Å². The summed E-state index contributed by atoms with van der Waals surface area (Å²) in [5.74, 6) is -0.794. The Morgan fingerprint density at radius 2 is 1.82 bits per heavy atom. The summed E-state index contributed by atoms with van der Waals surface area (Å²) in [6.07, 6.45) is 0.139. The summed E-state index contributed by atoms with van der Waals surface area (Å²) >= 11 is 1.57. The largest absolute Gasteiger partial charge is 0.451 e. The molecule has 2 fully saturated rings. The van der Waals surface area contributed by atoms with Crippen LogP contribution >= 0.6 is 11.8 Å². The third-order valence-corrected chi connectivity index (χ3v) is 6.36. The number of anilines is 2. The molecule has 8 nitrogen and oxygen atoms in total. The van der Waals surface area contributed by atoms with E-state index in [4.69, 9.17) is 4.74 Å². The molecule has 0 spiro atoms. The number of fused-ring (bicyclic) bond motifs is 1. The van der Waals surface area contributed by atoms with Crippen LogP contribution in [0.3, 0.4) is 0 Å². The molecule has 1 aromatic carbocycles. The van der Waals surface area contributed by atoms with Crippen molar-refractivity contribution in [1.82, 2.24) is 4.90 Å². The van der Waals surface area contributed by atoms with Crippen LogP contribution in [0.4, 0.5) is 11.4 Å². The molecule has 1 aromatic rings. The van der Waals surface area contributed by atoms with Crippen LogP contribution in [0, 0.1) is 0 Å². The van der Waals surface area contributed by atoms with Gasteiger partial charge in [-0.1, -0.05) is 0 Å². The molecular formula is C19H23N3O5S. The molecule has 0 bridgehead atoms. The van der Waals surface area contributed by atoms with Gasteiger partial charge in [0, 0.05) is 30.5 Å². The van der Waals surface area contributed by atoms with Gasteiger partial charge in [-0.3, -0.25) is 14.4 Å². The van der Waals surface area contributed by atoms with Crippen molar-refractivity contribution in [2.75, 3.05) is 16.4 Å². The van der Waals surface area contributed by atoms with E-state index in [1.165, 1.54) is 13.8 Å². The first-order valence-electron chi connectivity index (χ1n) is 9.05. The van der Waals surface area contributed by atoms with Crippen LogP contribution in [0.2, 0.25) is 0 Å². The Balaban J connectivity index is 1.56. The van der Waals surface area contributed by atoms with Gasteiger partial charge in [0.15, 0.2) is 6.10 Å². The normalized spacial score (nSPS) is 24.5. The van der Waals surface area contributed by atoms with Crippen molar-refractivity contribution in [3.63, 3.8) is 0 Å². The van der Waals surface area contributed by atoms with Crippen molar-refractivity contribution in [2.24, 2.45) is 0 Å². The van der Waals surface area contributed by atoms with Crippen LogP contribution in [0.1, 0.15) is 33.6 Å². The average molecular weight is 405 g/mol. The number of amides is 3. The predicted octanol–water partition coefficient (Wildman–Crippen LogP) is 1.97. The van der Waals surface area contributed by atoms with E-state index in [-0.39, 0.29) is 16.7 Å². The number of thioether (sulfide) groups is 1. The lowest BCUT2D eigenvalue weighted by atomic mass is 10.2. The van der Waals surface area contributed by atoms with Crippen LogP contribution in [0.25, 0.3) is 0 Å². The summed E-state index contributed by atoms with van der Waals surface area (Å²) in [7, 11) is 0. The molecule has 0 aliphatic carbocycles. The van der Waals surface area contributed by atoms with Gasteiger partial charge in [0.25, 0.3) is 5.91 Å². The smallest absolute Gasteiger partial charge is 0.330 e. The standard InChI is InChI=1S/C19H23N3O5S/c1-11(17(25)21-14-6-4-13(5-7-14)20-12(2)23)27-18(26)15-10-28-19(3)9-8-16(24)22(15)19/h4-7,11,15H,8-10H2,1-3H3,(H,20,23)(H,21,25)/t11-,15-,19+/m0/s1. The van der Waals surface area contributed by atoms with Crippen LogP contribution in [-0.2, 0) is 23.9 Å². The summed E-state index contributed by atoms with van der Waals surface area (Å²) in [6.45, 7) is 4.86. The monoisotopic (exact) mass is 405 g/mol. The lowest BCUT2D eigenvalue weighted by Gasteiger charge is -2.29. The second kappa shape index (κ2) is 7.83. The zero-order chi connectivity index (χ0) is 20.5. The second-order valence-electron chi connectivity index (χ2n) is 7.09. The van der Waals surface area contributed by atoms with Crippen molar-refractivity contribution >= 4 is 46.8 Å². The predicted molar refractivity (Wildman–Crippen MR) is 106 cm³/mol. The SMILES string of the molecule is CC(=O)Nc1ccc(NC(=O)[C@H](C)OC(=O)[C@@H]2CS[C@]3(C)CCC(=O)N23)cc1. The highest BCUT2D eigenvalue weighted by Gasteiger charge is 2.53. The van der Waals surface area contributed by atoms with Gasteiger partial charge in [-0.2, -0.15) is 0 Å². The summed E-state index contributed by atoms with van der Waals surface area (Å²) in [5, 5.41) is 5.30. The van der Waals surface area contributed by atoms with E-state index >= 15 is 0 Å². The number of benzene rings is 1. The molecule has 2 N–H and O–H groups in total. The Bertz CT molecular complexity index is 812. The van der Waals surface area contributed by atoms with Crippen molar-refractivity contribution < 1.29 is 23.9 Å². The zero-order valence-electron chi connectivity index (χ0n) is 16.0. The number of ether oxygens (including phenoxy) is 1. The lowest BCUT2D eigenvalue weighted by Crippen LogP contribution is -2.48. The molecule has 150 valence electrons. The number of nitrogens with one attached hydrogen (secondary N) is 2. The van der Waals surface area contributed by atoms with E-state index < -0.39 is 24.0 Å². The van der Waals surface area contributed by atoms with E-state index in [0.29, 0.717) is 30.0 Å². The molecule has 3 amide bonds. The molecule has 2 aliphatic heterocycles. The quantitative estimate of drug-likeness (QED) is 0.726. The number of nitrogens with zero attached hydrogens (tertiary/aromatic N) is 1. The first-order valence-corrected chi connectivity index (χ1v) is 10.0. The first kappa shape index (κ1) is 20.2. The molecule has 28 heavy (non-hydrogen) atoms. The number of carbonyl (C=O) groups excluding carboxylic acids is 4. The maximum atomic E-state index is 12.5. The molecule has 0 radical (unpaired) electrons. The Hall–Kier alpha value is -2.55. The van der Waals surface area contributed by atoms with Gasteiger partial charge in [-0.25, -0.2) is 4.79 Å². The molecule has 3 atom stereocenters. The van der Waals surface area contributed by atoms with Crippen LogP contribution in [-0.4, -0.2) is 51.4 Å². The highest BCUT2D eigenvalue weighted by Crippen LogP contribution is 2.47. The first-order chi connectivity index (χ1) is 13.2. The minimum absolute atomic E-state index is 0.0502. The molecule has 0 unspecified atom stereocenters. The maximum absolute atomic E-state index is 12.5. The topological polar surface area (TPSA) is 105 Å². The Morgan fingerprint density at radius 3 is 2.43 bits per heavy atom. The molecular weight excluding hydrogens is 382 g/mol. The number of esters is 1. The van der Waals surface area contributed by atoms with Gasteiger partial charge in [-0.05, 0) is 44.5 Å². The molecule has 9 heteroatoms. The van der Waals surface area contributed by atoms with Gasteiger partial charge in [0.05, 0.1) is 4.87 Å². The molecule has 2 aliphatic rings. The van der Waals surface area contributed by atoms with Gasteiger partial charge in [0.2, 0.25) is 11.8 Å². The highest BCUT2D eigenvalue weighted by molar-refractivity contribution is 8.01. The number of hydrogen-bond donors (Lipinski definition) is 2. The van der Waals surface area contributed by atoms with Crippen molar-refractivity contribution in [3.05, 3.63) is 24.3 Å². The van der Waals surface area contributed by atoms with Gasteiger partial charge in [-0.15, -0.1) is 11.8 Å². The molecule has 0 aromatic heterocycles. The fourth-order valence-corrected chi connectivity index (χ4v) is 4.80. The minimum atomic E-state index is -1.00. The highest BCUT2D eigenvalue weighted by atomic mass is 32.2. The lowest BCUT2D eigenvalue weighted by molar-refractivity contribution is -0.160. The summed E-state index contributed by atoms with van der Waals surface area (Å²) in [4.78, 5) is 49.3. The summed E-state index contributed by atoms with van der Waals surface area (Å²) in [6, 6.07) is 5.93. The molecule has 3 rings (SSSR count). The fraction of sp³-hybridized carbons (Fsp3) is 0.474. The van der Waals surface area contributed by atoms with Gasteiger partial charge >= 0.3 is 5.97 Å². The van der Waals surface area contributed by atoms with E-state index in [1.54, 1.807) is 40.9 Å². The Kier molecular flexibility index (Phi) is 5.64. The number of rotatable bonds is 5. The fourth-order valence-electron chi connectivity index (χ4n) is 3.39. The zero-order valence-corrected chi connectivity index (χ0v) is 16.8. The van der Waals surface area contributed by atoms with E-state index in [1.807, 2.05) is 6.92 Å². The average Bonchev–Trinajstić information content (AvgIpc) is 3.12. The molecule has 2 heterocycles.